The smallest absolute Gasteiger partial charge is 0.164 e. The first-order valence-electron chi connectivity index (χ1n) is 8.55. The summed E-state index contributed by atoms with van der Waals surface area (Å²) in [5.41, 5.74) is 0.993. The Morgan fingerprint density at radius 3 is 2.46 bits per heavy atom. The number of amidine groups is 1. The molecule has 2 atom stereocenters. The topological polar surface area (TPSA) is 59.0 Å². The second-order valence-electron chi connectivity index (χ2n) is 6.34. The van der Waals surface area contributed by atoms with E-state index in [4.69, 9.17) is 9.73 Å². The summed E-state index contributed by atoms with van der Waals surface area (Å²) in [7, 11) is -3.01. The van der Waals surface area contributed by atoms with Crippen LogP contribution in [0, 0.1) is 0 Å². The summed E-state index contributed by atoms with van der Waals surface area (Å²) >= 11 is 1.62. The molecule has 0 radical (unpaired) electrons. The summed E-state index contributed by atoms with van der Waals surface area (Å²) in [5, 5.41) is 0.887. The molecule has 26 heavy (non-hydrogen) atoms. The normalized spacial score (nSPS) is 23.5. The molecule has 5 nitrogen and oxygen atoms in total. The van der Waals surface area contributed by atoms with Crippen molar-refractivity contribution in [2.24, 2.45) is 4.99 Å². The fourth-order valence-electron chi connectivity index (χ4n) is 3.33. The highest BCUT2D eigenvalue weighted by Gasteiger charge is 2.47. The standard InChI is InChI=1S/C19H20N2O3S2/c22-26(23)13-17-18(14-26)21(15-7-3-1-4-8-15)19(20-17)25-12-11-24-16-9-5-2-6-10-16/h1-10,17-18H,11-14H2/t17-,18-/m1/s1. The first-order valence-corrected chi connectivity index (χ1v) is 11.4. The quantitative estimate of drug-likeness (QED) is 0.737. The molecule has 0 amide bonds. The van der Waals surface area contributed by atoms with Crippen LogP contribution < -0.4 is 9.64 Å². The van der Waals surface area contributed by atoms with Crippen LogP contribution in [0.25, 0.3) is 0 Å². The molecule has 2 aliphatic heterocycles. The number of sulfone groups is 1. The highest BCUT2D eigenvalue weighted by atomic mass is 32.2. The molecular formula is C19H20N2O3S2. The van der Waals surface area contributed by atoms with Crippen molar-refractivity contribution in [3.8, 4) is 5.75 Å². The number of para-hydroxylation sites is 2. The van der Waals surface area contributed by atoms with Crippen LogP contribution in [0.3, 0.4) is 0 Å². The van der Waals surface area contributed by atoms with E-state index >= 15 is 0 Å². The average molecular weight is 389 g/mol. The third-order valence-electron chi connectivity index (χ3n) is 4.47. The zero-order chi connectivity index (χ0) is 18.0. The predicted molar refractivity (Wildman–Crippen MR) is 107 cm³/mol. The minimum absolute atomic E-state index is 0.0973. The second kappa shape index (κ2) is 7.32. The van der Waals surface area contributed by atoms with Gasteiger partial charge in [0, 0.05) is 11.4 Å². The lowest BCUT2D eigenvalue weighted by Crippen LogP contribution is -2.39. The number of hydrogen-bond acceptors (Lipinski definition) is 6. The molecule has 1 fully saturated rings. The number of anilines is 1. The lowest BCUT2D eigenvalue weighted by molar-refractivity contribution is 0.344. The number of ether oxygens (including phenoxy) is 1. The molecule has 1 saturated heterocycles. The molecule has 0 aromatic heterocycles. The molecule has 2 aromatic carbocycles. The monoisotopic (exact) mass is 388 g/mol. The van der Waals surface area contributed by atoms with E-state index in [2.05, 4.69) is 4.90 Å². The Morgan fingerprint density at radius 1 is 1.04 bits per heavy atom. The van der Waals surface area contributed by atoms with Crippen LogP contribution in [-0.2, 0) is 9.84 Å². The van der Waals surface area contributed by atoms with Crippen molar-refractivity contribution in [3.63, 3.8) is 0 Å². The van der Waals surface area contributed by atoms with Gasteiger partial charge < -0.3 is 9.64 Å². The van der Waals surface area contributed by atoms with Gasteiger partial charge in [0.25, 0.3) is 0 Å². The third-order valence-corrected chi connectivity index (χ3v) is 7.10. The van der Waals surface area contributed by atoms with E-state index in [0.29, 0.717) is 6.61 Å². The number of nitrogens with zero attached hydrogens (tertiary/aromatic N) is 2. The van der Waals surface area contributed by atoms with E-state index in [9.17, 15) is 8.42 Å². The Hall–Kier alpha value is -1.99. The molecule has 136 valence electrons. The SMILES string of the molecule is O=S1(=O)C[C@@H]2[C@@H](C1)N=C(SCCOc1ccccc1)N2c1ccccc1. The van der Waals surface area contributed by atoms with Crippen LogP contribution in [0.2, 0.25) is 0 Å². The largest absolute Gasteiger partial charge is 0.493 e. The minimum Gasteiger partial charge on any atom is -0.493 e. The highest BCUT2D eigenvalue weighted by Crippen LogP contribution is 2.34. The Kier molecular flexibility index (Phi) is 4.91. The van der Waals surface area contributed by atoms with Crippen LogP contribution in [0.5, 0.6) is 5.75 Å². The molecule has 7 heteroatoms. The maximum atomic E-state index is 12.0. The number of fused-ring (bicyclic) bond motifs is 1. The number of aliphatic imine (C=N–C) groups is 1. The van der Waals surface area contributed by atoms with Crippen molar-refractivity contribution in [3.05, 3.63) is 60.7 Å². The Labute approximate surface area is 158 Å². The maximum absolute atomic E-state index is 12.0. The lowest BCUT2D eigenvalue weighted by Gasteiger charge is -2.26. The van der Waals surface area contributed by atoms with Gasteiger partial charge in [0.15, 0.2) is 15.0 Å². The molecule has 2 aromatic rings. The van der Waals surface area contributed by atoms with Crippen molar-refractivity contribution < 1.29 is 13.2 Å². The molecule has 2 aliphatic rings. The molecule has 2 heterocycles. The van der Waals surface area contributed by atoms with Gasteiger partial charge in [-0.15, -0.1) is 0 Å². The molecule has 0 bridgehead atoms. The van der Waals surface area contributed by atoms with Gasteiger partial charge in [0.2, 0.25) is 0 Å². The number of rotatable bonds is 5. The second-order valence-corrected chi connectivity index (χ2v) is 9.55. The van der Waals surface area contributed by atoms with E-state index in [-0.39, 0.29) is 23.6 Å². The number of hydrogen-bond donors (Lipinski definition) is 0. The maximum Gasteiger partial charge on any atom is 0.164 e. The fourth-order valence-corrected chi connectivity index (χ4v) is 6.12. The van der Waals surface area contributed by atoms with Gasteiger partial charge in [0.05, 0.1) is 30.2 Å². The van der Waals surface area contributed by atoms with E-state index in [1.807, 2.05) is 60.7 Å². The summed E-state index contributed by atoms with van der Waals surface area (Å²) in [6.07, 6.45) is 0. The molecule has 0 saturated carbocycles. The first-order chi connectivity index (χ1) is 12.6. The lowest BCUT2D eigenvalue weighted by atomic mass is 10.1. The van der Waals surface area contributed by atoms with Gasteiger partial charge in [-0.05, 0) is 24.3 Å². The van der Waals surface area contributed by atoms with Gasteiger partial charge >= 0.3 is 0 Å². The number of thioether (sulfide) groups is 1. The van der Waals surface area contributed by atoms with Gasteiger partial charge in [-0.1, -0.05) is 48.2 Å². The van der Waals surface area contributed by atoms with Crippen molar-refractivity contribution in [1.29, 1.82) is 0 Å². The van der Waals surface area contributed by atoms with Crippen molar-refractivity contribution in [1.82, 2.24) is 0 Å². The predicted octanol–water partition coefficient (Wildman–Crippen LogP) is 2.84. The summed E-state index contributed by atoms with van der Waals surface area (Å²) in [6, 6.07) is 19.3. The Bertz CT molecular complexity index is 886. The summed E-state index contributed by atoms with van der Waals surface area (Å²) in [4.78, 5) is 6.80. The van der Waals surface area contributed by atoms with E-state index in [0.717, 1.165) is 22.4 Å². The summed E-state index contributed by atoms with van der Waals surface area (Å²) in [5.74, 6) is 1.92. The van der Waals surface area contributed by atoms with Gasteiger partial charge in [0.1, 0.15) is 5.75 Å². The molecule has 0 aliphatic carbocycles. The number of benzene rings is 2. The van der Waals surface area contributed by atoms with Crippen LogP contribution in [-0.4, -0.2) is 49.5 Å². The van der Waals surface area contributed by atoms with Gasteiger partial charge in [-0.3, -0.25) is 4.99 Å². The third kappa shape index (κ3) is 3.73. The van der Waals surface area contributed by atoms with Gasteiger partial charge in [-0.2, -0.15) is 0 Å². The first kappa shape index (κ1) is 17.4. The minimum atomic E-state index is -3.01. The molecular weight excluding hydrogens is 368 g/mol. The van der Waals surface area contributed by atoms with Crippen LogP contribution in [0.15, 0.2) is 65.7 Å². The van der Waals surface area contributed by atoms with Crippen molar-refractivity contribution in [2.45, 2.75) is 12.1 Å². The zero-order valence-corrected chi connectivity index (χ0v) is 15.8. The van der Waals surface area contributed by atoms with Crippen LogP contribution in [0.1, 0.15) is 0 Å². The highest BCUT2D eigenvalue weighted by molar-refractivity contribution is 8.14. The van der Waals surface area contributed by atoms with E-state index < -0.39 is 9.84 Å². The summed E-state index contributed by atoms with van der Waals surface area (Å²) < 4.78 is 29.8. The Balaban J connectivity index is 1.45. The fraction of sp³-hybridized carbons (Fsp3) is 0.316. The van der Waals surface area contributed by atoms with E-state index in [1.165, 1.54) is 0 Å². The molecule has 0 unspecified atom stereocenters. The Morgan fingerprint density at radius 2 is 1.73 bits per heavy atom. The van der Waals surface area contributed by atoms with Gasteiger partial charge in [-0.25, -0.2) is 8.42 Å². The van der Waals surface area contributed by atoms with Crippen LogP contribution >= 0.6 is 11.8 Å². The summed E-state index contributed by atoms with van der Waals surface area (Å²) in [6.45, 7) is 0.573. The molecule has 0 spiro atoms. The van der Waals surface area contributed by atoms with Crippen LogP contribution in [0.4, 0.5) is 5.69 Å². The molecule has 0 N–H and O–H groups in total. The zero-order valence-electron chi connectivity index (χ0n) is 14.2. The van der Waals surface area contributed by atoms with Crippen molar-refractivity contribution in [2.75, 3.05) is 28.8 Å². The van der Waals surface area contributed by atoms with Crippen molar-refractivity contribution >= 4 is 32.5 Å². The van der Waals surface area contributed by atoms with E-state index in [1.54, 1.807) is 11.8 Å². The average Bonchev–Trinajstić information content (AvgIpc) is 3.11. The molecule has 4 rings (SSSR count).